The molecule has 3 N–H and O–H groups in total. The Labute approximate surface area is 450 Å². The van der Waals surface area contributed by atoms with Crippen LogP contribution in [0.25, 0.3) is 0 Å². The van der Waals surface area contributed by atoms with Crippen molar-refractivity contribution in [1.82, 2.24) is 0 Å². The largest absolute Gasteiger partial charge is 0.472 e. The molecule has 0 rings (SSSR count). The Morgan fingerprint density at radius 2 is 0.753 bits per heavy atom. The summed E-state index contributed by atoms with van der Waals surface area (Å²) in [6.07, 6.45) is 74.4. The van der Waals surface area contributed by atoms with Crippen LogP contribution in [0.1, 0.15) is 296 Å². The number of unbranched alkanes of at least 4 members (excludes halogenated alkanes) is 35. The van der Waals surface area contributed by atoms with Gasteiger partial charge in [-0.05, 0) is 57.8 Å². The van der Waals surface area contributed by atoms with E-state index < -0.39 is 26.5 Å². The quantitative estimate of drug-likeness (QED) is 0.0264. The zero-order chi connectivity index (χ0) is 53.1. The maximum Gasteiger partial charge on any atom is 0.472 e. The average Bonchev–Trinajstić information content (AvgIpc) is 3.38. The Balaban J connectivity index is 3.81. The molecule has 0 bridgehead atoms. The highest BCUT2D eigenvalue weighted by atomic mass is 31.2. The van der Waals surface area contributed by atoms with Gasteiger partial charge < -0.3 is 20.1 Å². The predicted octanol–water partition coefficient (Wildman–Crippen LogP) is 19.5. The van der Waals surface area contributed by atoms with Gasteiger partial charge in [0, 0.05) is 19.4 Å². The number of ether oxygens (including phenoxy) is 2. The Morgan fingerprint density at radius 3 is 1.12 bits per heavy atom. The lowest BCUT2D eigenvalue weighted by atomic mass is 10.0. The lowest BCUT2D eigenvalue weighted by Crippen LogP contribution is -2.29. The van der Waals surface area contributed by atoms with E-state index in [1.54, 1.807) is 0 Å². The minimum atomic E-state index is -4.38. The number of phosphoric acid groups is 1. The molecule has 0 radical (unpaired) electrons. The van der Waals surface area contributed by atoms with Gasteiger partial charge in [0.2, 0.25) is 0 Å². The van der Waals surface area contributed by atoms with Crippen LogP contribution < -0.4 is 5.73 Å². The molecule has 2 atom stereocenters. The maximum absolute atomic E-state index is 12.7. The molecule has 0 aromatic rings. The Bertz CT molecular complexity index is 1380. The summed E-state index contributed by atoms with van der Waals surface area (Å²) in [4.78, 5) is 35.2. The molecule has 0 fully saturated rings. The average molecular weight is 1050 g/mol. The van der Waals surface area contributed by atoms with Gasteiger partial charge in [-0.25, -0.2) is 4.57 Å². The summed E-state index contributed by atoms with van der Waals surface area (Å²) in [5.74, 6) is -0.812. The number of carbonyl (C=O) groups is 2. The van der Waals surface area contributed by atoms with E-state index in [-0.39, 0.29) is 38.6 Å². The summed E-state index contributed by atoms with van der Waals surface area (Å²) in [5.41, 5.74) is 5.38. The molecular formula is C63H116NO8P. The van der Waals surface area contributed by atoms with Crippen molar-refractivity contribution < 1.29 is 37.6 Å². The first-order valence-corrected chi connectivity index (χ1v) is 32.3. The third-order valence-electron chi connectivity index (χ3n) is 13.4. The third-order valence-corrected chi connectivity index (χ3v) is 14.4. The highest BCUT2D eigenvalue weighted by Crippen LogP contribution is 2.43. The van der Waals surface area contributed by atoms with Crippen LogP contribution in [0.4, 0.5) is 0 Å². The van der Waals surface area contributed by atoms with Gasteiger partial charge in [-0.3, -0.25) is 18.6 Å². The van der Waals surface area contributed by atoms with Crippen LogP contribution in [0.5, 0.6) is 0 Å². The molecule has 0 amide bonds. The van der Waals surface area contributed by atoms with Crippen molar-refractivity contribution in [1.29, 1.82) is 0 Å². The molecule has 0 aromatic carbocycles. The minimum absolute atomic E-state index is 0.0552. The van der Waals surface area contributed by atoms with Crippen LogP contribution >= 0.6 is 7.82 Å². The molecule has 10 heteroatoms. The molecule has 2 unspecified atom stereocenters. The summed E-state index contributed by atoms with van der Waals surface area (Å²) < 4.78 is 33.0. The minimum Gasteiger partial charge on any atom is -0.462 e. The van der Waals surface area contributed by atoms with E-state index in [1.807, 2.05) is 0 Å². The first-order chi connectivity index (χ1) is 35.8. The number of phosphoric ester groups is 1. The SMILES string of the molecule is CC/C=C\C/C=C\C/C=C\C/C=C\C/C=C\CCCCCCCCCCCCCCCCCCCCCCCC(=O)OC(COC(=O)CCCCCCCCCCCCCCCCC)COP(=O)(O)OCCN. The fourth-order valence-corrected chi connectivity index (χ4v) is 9.67. The molecule has 0 heterocycles. The Morgan fingerprint density at radius 1 is 0.425 bits per heavy atom. The van der Waals surface area contributed by atoms with Gasteiger partial charge in [0.05, 0.1) is 13.2 Å². The second kappa shape index (κ2) is 59.0. The number of nitrogens with two attached hydrogens (primary N) is 1. The van der Waals surface area contributed by atoms with Crippen LogP contribution in [0.3, 0.4) is 0 Å². The molecule has 9 nitrogen and oxygen atoms in total. The van der Waals surface area contributed by atoms with Crippen LogP contribution in [-0.2, 0) is 32.7 Å². The second-order valence-electron chi connectivity index (χ2n) is 20.6. The fourth-order valence-electron chi connectivity index (χ4n) is 8.90. The first kappa shape index (κ1) is 70.7. The lowest BCUT2D eigenvalue weighted by molar-refractivity contribution is -0.161. The zero-order valence-corrected chi connectivity index (χ0v) is 48.5. The number of allylic oxidation sites excluding steroid dienone is 10. The van der Waals surface area contributed by atoms with E-state index in [2.05, 4.69) is 74.6 Å². The number of hydrogen-bond acceptors (Lipinski definition) is 8. The number of carbonyl (C=O) groups excluding carboxylic acids is 2. The first-order valence-electron chi connectivity index (χ1n) is 30.8. The number of esters is 2. The van der Waals surface area contributed by atoms with E-state index in [0.717, 1.165) is 64.2 Å². The van der Waals surface area contributed by atoms with Crippen LogP contribution in [0.2, 0.25) is 0 Å². The normalized spacial score (nSPS) is 13.4. The molecule has 0 saturated heterocycles. The van der Waals surface area contributed by atoms with Crippen molar-refractivity contribution in [2.45, 2.75) is 302 Å². The van der Waals surface area contributed by atoms with Gasteiger partial charge in [-0.2, -0.15) is 0 Å². The Hall–Kier alpha value is -2.29. The fraction of sp³-hybridized carbons (Fsp3) is 0.810. The molecule has 0 aliphatic heterocycles. The van der Waals surface area contributed by atoms with Gasteiger partial charge in [-0.1, -0.05) is 286 Å². The van der Waals surface area contributed by atoms with Gasteiger partial charge in [0.25, 0.3) is 0 Å². The highest BCUT2D eigenvalue weighted by molar-refractivity contribution is 7.47. The highest BCUT2D eigenvalue weighted by Gasteiger charge is 2.26. The topological polar surface area (TPSA) is 134 Å². The monoisotopic (exact) mass is 1050 g/mol. The summed E-state index contributed by atoms with van der Waals surface area (Å²) >= 11 is 0. The van der Waals surface area contributed by atoms with Gasteiger partial charge >= 0.3 is 19.8 Å². The van der Waals surface area contributed by atoms with Crippen molar-refractivity contribution in [2.24, 2.45) is 5.73 Å². The standard InChI is InChI=1S/C63H116NO8P/c1-3-5-7-9-11-13-15-17-19-20-21-22-23-24-25-26-27-28-29-30-31-32-33-34-35-36-37-38-39-40-42-44-46-48-50-52-54-56-63(66)72-61(60-71-73(67,68)70-58-57-64)59-69-62(65)55-53-51-49-47-45-43-41-18-16-14-12-10-8-6-4-2/h5,7,11,13,17,19,21-22,24-25,61H,3-4,6,8-10,12,14-16,18,20,23,26-60,64H2,1-2H3,(H,67,68)/b7-5-,13-11-,19-17-,22-21-,25-24-. The van der Waals surface area contributed by atoms with Crippen molar-refractivity contribution in [3.05, 3.63) is 60.8 Å². The molecule has 0 aliphatic carbocycles. The Kier molecular flexibility index (Phi) is 57.1. The predicted molar refractivity (Wildman–Crippen MR) is 312 cm³/mol. The number of hydrogen-bond donors (Lipinski definition) is 2. The van der Waals surface area contributed by atoms with Gasteiger partial charge in [0.15, 0.2) is 6.10 Å². The molecule has 0 spiro atoms. The van der Waals surface area contributed by atoms with E-state index in [9.17, 15) is 19.0 Å². The summed E-state index contributed by atoms with van der Waals surface area (Å²) in [5, 5.41) is 0. The van der Waals surface area contributed by atoms with Crippen LogP contribution in [0.15, 0.2) is 60.8 Å². The van der Waals surface area contributed by atoms with Crippen molar-refractivity contribution >= 4 is 19.8 Å². The van der Waals surface area contributed by atoms with Crippen molar-refractivity contribution in [3.8, 4) is 0 Å². The summed E-state index contributed by atoms with van der Waals surface area (Å²) in [6.45, 7) is 3.67. The zero-order valence-electron chi connectivity index (χ0n) is 47.6. The van der Waals surface area contributed by atoms with E-state index in [4.69, 9.17) is 24.3 Å². The van der Waals surface area contributed by atoms with Gasteiger partial charge in [-0.15, -0.1) is 0 Å². The van der Waals surface area contributed by atoms with Crippen molar-refractivity contribution in [3.63, 3.8) is 0 Å². The molecule has 73 heavy (non-hydrogen) atoms. The molecule has 0 aromatic heterocycles. The van der Waals surface area contributed by atoms with Crippen molar-refractivity contribution in [2.75, 3.05) is 26.4 Å². The third kappa shape index (κ3) is 58.8. The van der Waals surface area contributed by atoms with E-state index in [0.29, 0.717) is 6.42 Å². The molecule has 426 valence electrons. The summed E-state index contributed by atoms with van der Waals surface area (Å²) in [7, 11) is -4.38. The van der Waals surface area contributed by atoms with Gasteiger partial charge in [0.1, 0.15) is 6.61 Å². The van der Waals surface area contributed by atoms with E-state index >= 15 is 0 Å². The van der Waals surface area contributed by atoms with E-state index in [1.165, 1.54) is 199 Å². The molecule has 0 saturated carbocycles. The maximum atomic E-state index is 12.7. The van der Waals surface area contributed by atoms with Crippen LogP contribution in [0, 0.1) is 0 Å². The van der Waals surface area contributed by atoms with Crippen LogP contribution in [-0.4, -0.2) is 49.3 Å². The molecule has 0 aliphatic rings. The second-order valence-corrected chi connectivity index (χ2v) is 22.0. The number of rotatable bonds is 58. The lowest BCUT2D eigenvalue weighted by Gasteiger charge is -2.19. The smallest absolute Gasteiger partial charge is 0.462 e. The summed E-state index contributed by atoms with van der Waals surface area (Å²) in [6, 6.07) is 0. The molecular weight excluding hydrogens is 930 g/mol.